The Hall–Kier alpha value is -0.260. The van der Waals surface area contributed by atoms with Gasteiger partial charge in [-0.25, -0.2) is 0 Å². The molecule has 0 spiro atoms. The Labute approximate surface area is 360 Å². The van der Waals surface area contributed by atoms with Crippen LogP contribution in [-0.2, 0) is 0 Å². The fraction of sp³-hybridized carbons (Fsp3) is 0.965. The largest absolute Gasteiger partial charge is 0.0654 e. The summed E-state index contributed by atoms with van der Waals surface area (Å²) in [5.41, 5.74) is 4.77. The summed E-state index contributed by atoms with van der Waals surface area (Å²) < 4.78 is 0. The van der Waals surface area contributed by atoms with Crippen LogP contribution < -0.4 is 0 Å². The molecule has 0 radical (unpaired) electrons. The second kappa shape index (κ2) is 19.8. The minimum absolute atomic E-state index is 0.393. The molecule has 3 fully saturated rings. The molecule has 0 aliphatic heterocycles. The van der Waals surface area contributed by atoms with Crippen LogP contribution in [0.3, 0.4) is 0 Å². The third-order valence-corrected chi connectivity index (χ3v) is 21.1. The first-order valence-corrected chi connectivity index (χ1v) is 26.3. The number of rotatable bonds is 27. The summed E-state index contributed by atoms with van der Waals surface area (Å²) in [4.78, 5) is 0. The number of hydrogen-bond donors (Lipinski definition) is 0. The maximum atomic E-state index is 2.75. The van der Waals surface area contributed by atoms with E-state index in [2.05, 4.69) is 145 Å². The molecule has 18 atom stereocenters. The molecule has 0 amide bonds. The molecular weight excluding hydrogens is 685 g/mol. The highest BCUT2D eigenvalue weighted by molar-refractivity contribution is 5.49. The third-order valence-electron chi connectivity index (χ3n) is 21.1. The van der Waals surface area contributed by atoms with Crippen LogP contribution in [-0.4, -0.2) is 0 Å². The molecule has 18 unspecified atom stereocenters. The van der Waals surface area contributed by atoms with E-state index >= 15 is 0 Å². The lowest BCUT2D eigenvalue weighted by molar-refractivity contribution is 0.0912. The van der Waals surface area contributed by atoms with Gasteiger partial charge in [-0.3, -0.25) is 0 Å². The molecule has 0 saturated heterocycles. The third kappa shape index (κ3) is 10.9. The Morgan fingerprint density at radius 3 is 1.63 bits per heavy atom. The van der Waals surface area contributed by atoms with Crippen molar-refractivity contribution in [2.24, 2.45) is 135 Å². The molecular formula is C57H106. The number of allylic oxidation sites excluding steroid dienone is 2. The molecule has 4 aliphatic rings. The Kier molecular flexibility index (Phi) is 17.2. The summed E-state index contributed by atoms with van der Waals surface area (Å²) in [7, 11) is 0. The van der Waals surface area contributed by atoms with Gasteiger partial charge in [-0.1, -0.05) is 189 Å². The van der Waals surface area contributed by atoms with Crippen molar-refractivity contribution in [3.8, 4) is 0 Å². The van der Waals surface area contributed by atoms with Gasteiger partial charge in [0.2, 0.25) is 0 Å². The predicted octanol–water partition coefficient (Wildman–Crippen LogP) is 18.0. The Morgan fingerprint density at radius 1 is 0.579 bits per heavy atom. The Morgan fingerprint density at radius 2 is 1.12 bits per heavy atom. The summed E-state index contributed by atoms with van der Waals surface area (Å²) in [6.45, 7) is 53.8. The smallest absolute Gasteiger partial charge is 0.00731 e. The quantitative estimate of drug-likeness (QED) is 0.0574. The van der Waals surface area contributed by atoms with Crippen LogP contribution in [0.2, 0.25) is 0 Å². The van der Waals surface area contributed by atoms with Crippen molar-refractivity contribution in [3.05, 3.63) is 11.1 Å². The highest BCUT2D eigenvalue weighted by atomic mass is 14.7. The summed E-state index contributed by atoms with van der Waals surface area (Å²) in [6, 6.07) is 0. The topological polar surface area (TPSA) is 0 Å². The summed E-state index contributed by atoms with van der Waals surface area (Å²) in [5.74, 6) is 17.9. The second-order valence-electron chi connectivity index (χ2n) is 24.8. The standard InChI is InChI=1S/C57H106/c1-22-24-25-26-51(57(29-30-57)32-52-55(56(52,20)21)38(10)35(7)23-2)45(17)49-31-50(49)46(18)54-47(19)53(54)44(16)43(15)42(14)41(13)40(12)39(11)37(9)36(8)27-28-48(33(3)4)34(5)6/h33-51,53-54H,22-32H2,1-21H3. The number of unbranched alkanes of at least 4 members (excludes halogenated alkanes) is 2. The zero-order valence-electron chi connectivity index (χ0n) is 42.9. The van der Waals surface area contributed by atoms with Crippen molar-refractivity contribution in [1.82, 2.24) is 0 Å². The van der Waals surface area contributed by atoms with Crippen LogP contribution in [0.5, 0.6) is 0 Å². The lowest BCUT2D eigenvalue weighted by Crippen LogP contribution is -2.33. The van der Waals surface area contributed by atoms with Gasteiger partial charge in [0, 0.05) is 5.41 Å². The van der Waals surface area contributed by atoms with Gasteiger partial charge in [0.05, 0.1) is 0 Å². The first-order valence-electron chi connectivity index (χ1n) is 26.3. The van der Waals surface area contributed by atoms with Gasteiger partial charge < -0.3 is 0 Å². The van der Waals surface area contributed by atoms with Crippen molar-refractivity contribution in [2.45, 2.75) is 216 Å². The van der Waals surface area contributed by atoms with E-state index in [1.165, 1.54) is 70.6 Å². The molecule has 0 aromatic carbocycles. The molecule has 0 nitrogen and oxygen atoms in total. The van der Waals surface area contributed by atoms with Gasteiger partial charge in [0.15, 0.2) is 0 Å². The lowest BCUT2D eigenvalue weighted by atomic mass is 9.66. The maximum absolute atomic E-state index is 2.75. The molecule has 0 N–H and O–H groups in total. The fourth-order valence-corrected chi connectivity index (χ4v) is 14.9. The highest BCUT2D eigenvalue weighted by Crippen LogP contribution is 2.71. The van der Waals surface area contributed by atoms with Gasteiger partial charge in [0.25, 0.3) is 0 Å². The van der Waals surface area contributed by atoms with Gasteiger partial charge in [-0.2, -0.15) is 0 Å². The number of hydrogen-bond acceptors (Lipinski definition) is 0. The van der Waals surface area contributed by atoms with Gasteiger partial charge in [-0.05, 0) is 168 Å². The molecule has 57 heavy (non-hydrogen) atoms. The normalized spacial score (nSPS) is 31.9. The summed E-state index contributed by atoms with van der Waals surface area (Å²) in [6.07, 6.45) is 15.8. The summed E-state index contributed by atoms with van der Waals surface area (Å²) >= 11 is 0. The fourth-order valence-electron chi connectivity index (χ4n) is 14.9. The zero-order valence-corrected chi connectivity index (χ0v) is 42.9. The van der Waals surface area contributed by atoms with Crippen molar-refractivity contribution < 1.29 is 0 Å². The van der Waals surface area contributed by atoms with Crippen LogP contribution >= 0.6 is 0 Å². The van der Waals surface area contributed by atoms with E-state index in [1.54, 1.807) is 0 Å². The van der Waals surface area contributed by atoms with Gasteiger partial charge >= 0.3 is 0 Å². The predicted molar refractivity (Wildman–Crippen MR) is 255 cm³/mol. The van der Waals surface area contributed by atoms with Crippen LogP contribution in [0, 0.1) is 135 Å². The van der Waals surface area contributed by atoms with E-state index in [0.717, 1.165) is 124 Å². The summed E-state index contributed by atoms with van der Waals surface area (Å²) in [5, 5.41) is 0. The van der Waals surface area contributed by atoms with Crippen molar-refractivity contribution in [3.63, 3.8) is 0 Å². The highest BCUT2D eigenvalue weighted by Gasteiger charge is 2.62. The molecule has 0 heteroatoms. The molecule has 0 bridgehead atoms. The second-order valence-corrected chi connectivity index (χ2v) is 24.8. The van der Waals surface area contributed by atoms with E-state index in [4.69, 9.17) is 0 Å². The molecule has 334 valence electrons. The molecule has 0 aromatic heterocycles. The monoisotopic (exact) mass is 791 g/mol. The minimum Gasteiger partial charge on any atom is -0.0654 e. The van der Waals surface area contributed by atoms with Crippen LogP contribution in [0.25, 0.3) is 0 Å². The van der Waals surface area contributed by atoms with Gasteiger partial charge in [-0.15, -0.1) is 0 Å². The molecule has 3 saturated carbocycles. The van der Waals surface area contributed by atoms with E-state index in [1.807, 2.05) is 11.1 Å². The van der Waals surface area contributed by atoms with E-state index in [-0.39, 0.29) is 0 Å². The first-order chi connectivity index (χ1) is 26.5. The SMILES string of the molecule is CCCCCC(C(C)C1CC1C(C)C1C(C)C1C(C)C(C)C(C)C(C)C(C)C(C)C(C)C(C)CCC(C(C)C)C(C)C)C1(CC2=C(C(C)C(C)CC)C2(C)C)CC1. The molecule has 4 aliphatic carbocycles. The van der Waals surface area contributed by atoms with Gasteiger partial charge in [0.1, 0.15) is 0 Å². The van der Waals surface area contributed by atoms with Crippen LogP contribution in [0.1, 0.15) is 216 Å². The van der Waals surface area contributed by atoms with E-state index in [9.17, 15) is 0 Å². The molecule has 0 aromatic rings. The van der Waals surface area contributed by atoms with Crippen molar-refractivity contribution in [2.75, 3.05) is 0 Å². The van der Waals surface area contributed by atoms with Crippen molar-refractivity contribution in [1.29, 1.82) is 0 Å². The Bertz CT molecular complexity index is 1250. The lowest BCUT2D eigenvalue weighted by Gasteiger charge is -2.40. The van der Waals surface area contributed by atoms with Crippen LogP contribution in [0.15, 0.2) is 11.1 Å². The average Bonchev–Trinajstić information content (AvgIpc) is 4.04. The first kappa shape index (κ1) is 49.4. The minimum atomic E-state index is 0.393. The van der Waals surface area contributed by atoms with E-state index in [0.29, 0.717) is 10.8 Å². The molecule has 0 heterocycles. The van der Waals surface area contributed by atoms with Crippen molar-refractivity contribution >= 4 is 0 Å². The zero-order chi connectivity index (χ0) is 43.1. The maximum Gasteiger partial charge on any atom is 0.00731 e. The average molecular weight is 791 g/mol. The van der Waals surface area contributed by atoms with Crippen LogP contribution in [0.4, 0.5) is 0 Å². The van der Waals surface area contributed by atoms with E-state index < -0.39 is 0 Å². The Balaban J connectivity index is 1.34. The molecule has 4 rings (SSSR count).